The number of amides is 1. The monoisotopic (exact) mass is 429 g/mol. The predicted molar refractivity (Wildman–Crippen MR) is 108 cm³/mol. The van der Waals surface area contributed by atoms with E-state index in [9.17, 15) is 4.79 Å². The minimum Gasteiger partial charge on any atom is -0.381 e. The highest BCUT2D eigenvalue weighted by Gasteiger charge is 2.28. The summed E-state index contributed by atoms with van der Waals surface area (Å²) in [5, 5.41) is 9.02. The first kappa shape index (κ1) is 19.7. The number of benzene rings is 1. The fourth-order valence-corrected chi connectivity index (χ4v) is 4.15. The van der Waals surface area contributed by atoms with Gasteiger partial charge in [-0.25, -0.2) is 0 Å². The highest BCUT2D eigenvalue weighted by Crippen LogP contribution is 2.26. The van der Waals surface area contributed by atoms with Gasteiger partial charge in [0.2, 0.25) is 0 Å². The maximum absolute atomic E-state index is 13.4. The summed E-state index contributed by atoms with van der Waals surface area (Å²) in [4.78, 5) is 15.3. The van der Waals surface area contributed by atoms with Crippen LogP contribution in [-0.2, 0) is 4.74 Å². The molecule has 0 atom stereocenters. The van der Waals surface area contributed by atoms with Crippen LogP contribution in [0, 0.1) is 25.2 Å². The van der Waals surface area contributed by atoms with Crippen LogP contribution >= 0.6 is 15.9 Å². The lowest BCUT2D eigenvalue weighted by molar-refractivity contribution is 0.0296. The second-order valence-corrected chi connectivity index (χ2v) is 7.77. The number of nitrogens with zero attached hydrogens (tertiary/aromatic N) is 3. The van der Waals surface area contributed by atoms with E-state index in [4.69, 9.17) is 10.00 Å². The van der Waals surface area contributed by atoms with E-state index < -0.39 is 0 Å². The molecular formula is C21H24BrN3O2. The van der Waals surface area contributed by atoms with Crippen molar-refractivity contribution in [1.29, 1.82) is 5.26 Å². The number of carbonyl (C=O) groups is 1. The number of rotatable bonds is 5. The van der Waals surface area contributed by atoms with Crippen molar-refractivity contribution in [2.45, 2.75) is 39.2 Å². The summed E-state index contributed by atoms with van der Waals surface area (Å²) in [6.07, 6.45) is 1.98. The first-order chi connectivity index (χ1) is 13.0. The molecule has 0 N–H and O–H groups in total. The van der Waals surface area contributed by atoms with Crippen LogP contribution in [0.3, 0.4) is 0 Å². The van der Waals surface area contributed by atoms with Gasteiger partial charge in [0.1, 0.15) is 0 Å². The molecule has 1 aliphatic heterocycles. The van der Waals surface area contributed by atoms with Crippen LogP contribution in [0.5, 0.6) is 0 Å². The molecule has 0 aliphatic carbocycles. The molecule has 2 heterocycles. The molecule has 27 heavy (non-hydrogen) atoms. The molecule has 1 aromatic heterocycles. The van der Waals surface area contributed by atoms with Crippen molar-refractivity contribution in [1.82, 2.24) is 9.47 Å². The van der Waals surface area contributed by atoms with Crippen LogP contribution in [0.15, 0.2) is 34.8 Å². The summed E-state index contributed by atoms with van der Waals surface area (Å²) in [6.45, 7) is 5.78. The topological polar surface area (TPSA) is 58.3 Å². The third-order valence-electron chi connectivity index (χ3n) is 5.08. The Bertz CT molecular complexity index is 863. The van der Waals surface area contributed by atoms with E-state index >= 15 is 0 Å². The van der Waals surface area contributed by atoms with E-state index in [1.165, 1.54) is 0 Å². The van der Waals surface area contributed by atoms with Crippen LogP contribution in [-0.4, -0.2) is 41.2 Å². The molecule has 142 valence electrons. The van der Waals surface area contributed by atoms with E-state index in [0.717, 1.165) is 34.4 Å². The molecular weight excluding hydrogens is 406 g/mol. The van der Waals surface area contributed by atoms with E-state index in [1.807, 2.05) is 49.1 Å². The third kappa shape index (κ3) is 4.26. The van der Waals surface area contributed by atoms with Gasteiger partial charge in [0.15, 0.2) is 0 Å². The number of carbonyl (C=O) groups excluding carboxylic acids is 1. The van der Waals surface area contributed by atoms with Gasteiger partial charge in [0.05, 0.1) is 18.1 Å². The molecule has 2 aromatic rings. The Labute approximate surface area is 168 Å². The summed E-state index contributed by atoms with van der Waals surface area (Å²) in [6, 6.07) is 12.3. The average Bonchev–Trinajstić information content (AvgIpc) is 2.97. The molecule has 0 radical (unpaired) electrons. The number of nitriles is 1. The molecule has 1 saturated heterocycles. The zero-order valence-electron chi connectivity index (χ0n) is 15.7. The van der Waals surface area contributed by atoms with Crippen molar-refractivity contribution in [2.24, 2.45) is 0 Å². The lowest BCUT2D eigenvalue weighted by Crippen LogP contribution is -2.44. The van der Waals surface area contributed by atoms with E-state index in [-0.39, 0.29) is 11.9 Å². The lowest BCUT2D eigenvalue weighted by Gasteiger charge is -2.34. The maximum Gasteiger partial charge on any atom is 0.255 e. The number of halogens is 1. The maximum atomic E-state index is 13.4. The van der Waals surface area contributed by atoms with Crippen molar-refractivity contribution in [3.8, 4) is 11.8 Å². The van der Waals surface area contributed by atoms with Crippen molar-refractivity contribution in [3.63, 3.8) is 0 Å². The predicted octanol–water partition coefficient (Wildman–Crippen LogP) is 4.39. The van der Waals surface area contributed by atoms with Gasteiger partial charge in [-0.05, 0) is 51.0 Å². The Morgan fingerprint density at radius 1 is 1.33 bits per heavy atom. The van der Waals surface area contributed by atoms with Crippen molar-refractivity contribution >= 4 is 21.8 Å². The van der Waals surface area contributed by atoms with Crippen molar-refractivity contribution in [3.05, 3.63) is 51.8 Å². The van der Waals surface area contributed by atoms with E-state index in [2.05, 4.69) is 26.6 Å². The Morgan fingerprint density at radius 2 is 2.07 bits per heavy atom. The zero-order valence-corrected chi connectivity index (χ0v) is 17.3. The van der Waals surface area contributed by atoms with Gasteiger partial charge in [0, 0.05) is 47.3 Å². The number of hydrogen-bond acceptors (Lipinski definition) is 3. The van der Waals surface area contributed by atoms with Gasteiger partial charge in [-0.15, -0.1) is 0 Å². The largest absolute Gasteiger partial charge is 0.381 e. The van der Waals surface area contributed by atoms with Crippen LogP contribution in [0.4, 0.5) is 0 Å². The number of aromatic nitrogens is 1. The minimum absolute atomic E-state index is 0.00602. The second-order valence-electron chi connectivity index (χ2n) is 6.85. The minimum atomic E-state index is 0.00602. The summed E-state index contributed by atoms with van der Waals surface area (Å²) < 4.78 is 8.54. The lowest BCUT2D eigenvalue weighted by atomic mass is 10.0. The van der Waals surface area contributed by atoms with E-state index in [1.54, 1.807) is 0 Å². The molecule has 0 unspecified atom stereocenters. The zero-order chi connectivity index (χ0) is 19.4. The Kier molecular flexibility index (Phi) is 6.35. The number of ether oxygens (including phenoxy) is 1. The Hall–Kier alpha value is -2.10. The van der Waals surface area contributed by atoms with Crippen LogP contribution < -0.4 is 0 Å². The van der Waals surface area contributed by atoms with Crippen molar-refractivity contribution < 1.29 is 9.53 Å². The van der Waals surface area contributed by atoms with Gasteiger partial charge in [-0.1, -0.05) is 22.0 Å². The molecule has 0 spiro atoms. The highest BCUT2D eigenvalue weighted by atomic mass is 79.9. The molecule has 1 fully saturated rings. The number of hydrogen-bond donors (Lipinski definition) is 0. The van der Waals surface area contributed by atoms with Gasteiger partial charge < -0.3 is 14.2 Å². The number of aryl methyl sites for hydroxylation is 1. The van der Waals surface area contributed by atoms with Gasteiger partial charge in [-0.3, -0.25) is 4.79 Å². The summed E-state index contributed by atoms with van der Waals surface area (Å²) >= 11 is 3.52. The van der Waals surface area contributed by atoms with E-state index in [0.29, 0.717) is 31.7 Å². The van der Waals surface area contributed by atoms with Gasteiger partial charge >= 0.3 is 0 Å². The Balaban J connectivity index is 1.95. The van der Waals surface area contributed by atoms with Crippen LogP contribution in [0.2, 0.25) is 0 Å². The molecule has 0 saturated carbocycles. The highest BCUT2D eigenvalue weighted by molar-refractivity contribution is 9.10. The van der Waals surface area contributed by atoms with Crippen LogP contribution in [0.1, 0.15) is 41.0 Å². The molecule has 1 aliphatic rings. The fraction of sp³-hybridized carbons (Fsp3) is 0.429. The molecule has 3 rings (SSSR count). The normalized spacial score (nSPS) is 14.7. The standard InChI is InChI=1S/C21H24BrN3O2/c1-15-13-20(16(2)25(15)19-6-3-5-17(22)14-19)21(26)24(10-4-9-23)18-7-11-27-12-8-18/h3,5-6,13-14,18H,4,7-8,10-12H2,1-2H3. The van der Waals surface area contributed by atoms with Gasteiger partial charge in [0.25, 0.3) is 5.91 Å². The Morgan fingerprint density at radius 3 is 2.74 bits per heavy atom. The third-order valence-corrected chi connectivity index (χ3v) is 5.58. The first-order valence-corrected chi connectivity index (χ1v) is 10.0. The summed E-state index contributed by atoms with van der Waals surface area (Å²) in [5.41, 5.74) is 3.66. The summed E-state index contributed by atoms with van der Waals surface area (Å²) in [5.74, 6) is 0.00602. The van der Waals surface area contributed by atoms with Crippen molar-refractivity contribution in [2.75, 3.05) is 19.8 Å². The van der Waals surface area contributed by atoms with Gasteiger partial charge in [-0.2, -0.15) is 5.26 Å². The molecule has 5 nitrogen and oxygen atoms in total. The fourth-order valence-electron chi connectivity index (χ4n) is 3.76. The smallest absolute Gasteiger partial charge is 0.255 e. The molecule has 1 aromatic carbocycles. The molecule has 0 bridgehead atoms. The first-order valence-electron chi connectivity index (χ1n) is 9.23. The molecule has 6 heteroatoms. The van der Waals surface area contributed by atoms with Crippen LogP contribution in [0.25, 0.3) is 5.69 Å². The quantitative estimate of drug-likeness (QED) is 0.707. The second kappa shape index (κ2) is 8.73. The average molecular weight is 430 g/mol. The summed E-state index contributed by atoms with van der Waals surface area (Å²) in [7, 11) is 0. The SMILES string of the molecule is Cc1cc(C(=O)N(CCC#N)C2CCOCC2)c(C)n1-c1cccc(Br)c1. The molecule has 1 amide bonds.